The van der Waals surface area contributed by atoms with Crippen LogP contribution in [0.2, 0.25) is 0 Å². The van der Waals surface area contributed by atoms with Crippen LogP contribution in [0.15, 0.2) is 10.5 Å². The molecule has 16 heavy (non-hydrogen) atoms. The van der Waals surface area contributed by atoms with Crippen LogP contribution in [0.5, 0.6) is 5.75 Å². The largest absolute Gasteiger partial charge is 0.496 e. The molecule has 0 fully saturated rings. The first kappa shape index (κ1) is 13.5. The van der Waals surface area contributed by atoms with Crippen LogP contribution in [0.25, 0.3) is 0 Å². The molecule has 2 N–H and O–H groups in total. The fourth-order valence-electron chi connectivity index (χ4n) is 1.82. The topological polar surface area (TPSA) is 35.2 Å². The average molecular weight is 286 g/mol. The van der Waals surface area contributed by atoms with Gasteiger partial charge >= 0.3 is 0 Å². The maximum absolute atomic E-state index is 6.08. The average Bonchev–Trinajstić information content (AvgIpc) is 2.17. The molecule has 90 valence electrons. The third-order valence-electron chi connectivity index (χ3n) is 2.63. The van der Waals surface area contributed by atoms with E-state index in [0.717, 1.165) is 16.6 Å². The zero-order valence-electron chi connectivity index (χ0n) is 10.6. The lowest BCUT2D eigenvalue weighted by Gasteiger charge is -2.23. The van der Waals surface area contributed by atoms with Crippen molar-refractivity contribution in [3.63, 3.8) is 0 Å². The summed E-state index contributed by atoms with van der Waals surface area (Å²) >= 11 is 3.60. The summed E-state index contributed by atoms with van der Waals surface area (Å²) in [6.07, 6.45) is 0.806. The molecule has 1 rings (SSSR count). The molecule has 0 aliphatic carbocycles. The third-order valence-corrected chi connectivity index (χ3v) is 3.85. The van der Waals surface area contributed by atoms with Crippen LogP contribution in [-0.2, 0) is 6.42 Å². The Morgan fingerprint density at radius 1 is 1.38 bits per heavy atom. The SMILES string of the molecule is COc1cc(C)c(Br)c(C)c1CC(C)(C)N. The van der Waals surface area contributed by atoms with Crippen molar-refractivity contribution in [2.24, 2.45) is 5.73 Å². The van der Waals surface area contributed by atoms with E-state index in [0.29, 0.717) is 0 Å². The number of hydrogen-bond acceptors (Lipinski definition) is 2. The van der Waals surface area contributed by atoms with Gasteiger partial charge < -0.3 is 10.5 Å². The molecule has 0 atom stereocenters. The Morgan fingerprint density at radius 3 is 2.38 bits per heavy atom. The van der Waals surface area contributed by atoms with Crippen molar-refractivity contribution in [1.29, 1.82) is 0 Å². The highest BCUT2D eigenvalue weighted by molar-refractivity contribution is 9.10. The van der Waals surface area contributed by atoms with Crippen molar-refractivity contribution in [2.75, 3.05) is 7.11 Å². The van der Waals surface area contributed by atoms with Crippen LogP contribution >= 0.6 is 15.9 Å². The number of methoxy groups -OCH3 is 1. The lowest BCUT2D eigenvalue weighted by molar-refractivity contribution is 0.401. The predicted molar refractivity (Wildman–Crippen MR) is 72.1 cm³/mol. The molecule has 0 aromatic heterocycles. The van der Waals surface area contributed by atoms with Gasteiger partial charge in [-0.15, -0.1) is 0 Å². The molecule has 0 radical (unpaired) electrons. The van der Waals surface area contributed by atoms with E-state index in [1.54, 1.807) is 7.11 Å². The summed E-state index contributed by atoms with van der Waals surface area (Å²) in [5, 5.41) is 0. The highest BCUT2D eigenvalue weighted by Gasteiger charge is 2.19. The maximum Gasteiger partial charge on any atom is 0.122 e. The van der Waals surface area contributed by atoms with Gasteiger partial charge in [-0.05, 0) is 56.9 Å². The standard InChI is InChI=1S/C13H20BrNO/c1-8-6-11(16-5)10(7-13(3,4)15)9(2)12(8)14/h6H,7,15H2,1-5H3. The molecule has 0 bridgehead atoms. The van der Waals surface area contributed by atoms with Gasteiger partial charge in [-0.3, -0.25) is 0 Å². The quantitative estimate of drug-likeness (QED) is 0.924. The van der Waals surface area contributed by atoms with Gasteiger partial charge in [-0.25, -0.2) is 0 Å². The minimum atomic E-state index is -0.229. The lowest BCUT2D eigenvalue weighted by Crippen LogP contribution is -2.34. The Morgan fingerprint density at radius 2 is 1.94 bits per heavy atom. The minimum Gasteiger partial charge on any atom is -0.496 e. The normalized spacial score (nSPS) is 11.7. The van der Waals surface area contributed by atoms with E-state index in [-0.39, 0.29) is 5.54 Å². The van der Waals surface area contributed by atoms with Crippen LogP contribution in [0.4, 0.5) is 0 Å². The summed E-state index contributed by atoms with van der Waals surface area (Å²) < 4.78 is 6.58. The first-order valence-corrected chi connectivity index (χ1v) is 6.17. The molecule has 1 aromatic rings. The maximum atomic E-state index is 6.08. The van der Waals surface area contributed by atoms with Gasteiger partial charge in [0.2, 0.25) is 0 Å². The van der Waals surface area contributed by atoms with Crippen molar-refractivity contribution in [3.05, 3.63) is 27.2 Å². The second-order valence-corrected chi connectivity index (χ2v) is 5.77. The summed E-state index contributed by atoms with van der Waals surface area (Å²) in [6, 6.07) is 2.05. The van der Waals surface area contributed by atoms with Crippen LogP contribution < -0.4 is 10.5 Å². The van der Waals surface area contributed by atoms with Crippen molar-refractivity contribution in [2.45, 2.75) is 39.7 Å². The molecule has 3 heteroatoms. The lowest BCUT2D eigenvalue weighted by atomic mass is 9.91. The number of ether oxygens (including phenoxy) is 1. The molecule has 0 amide bonds. The zero-order valence-corrected chi connectivity index (χ0v) is 12.2. The van der Waals surface area contributed by atoms with Crippen molar-refractivity contribution in [3.8, 4) is 5.75 Å². The van der Waals surface area contributed by atoms with E-state index < -0.39 is 0 Å². The van der Waals surface area contributed by atoms with E-state index in [9.17, 15) is 0 Å². The molecule has 0 heterocycles. The molecule has 0 spiro atoms. The van der Waals surface area contributed by atoms with Crippen molar-refractivity contribution >= 4 is 15.9 Å². The predicted octanol–water partition coefficient (Wildman–Crippen LogP) is 3.35. The van der Waals surface area contributed by atoms with Crippen LogP contribution in [0.1, 0.15) is 30.5 Å². The minimum absolute atomic E-state index is 0.229. The molecule has 0 saturated carbocycles. The number of halogens is 1. The van der Waals surface area contributed by atoms with Crippen LogP contribution in [0.3, 0.4) is 0 Å². The highest BCUT2D eigenvalue weighted by Crippen LogP contribution is 2.33. The first-order chi connectivity index (χ1) is 7.26. The molecule has 0 saturated heterocycles. The summed E-state index contributed by atoms with van der Waals surface area (Å²) in [5.41, 5.74) is 9.44. The van der Waals surface area contributed by atoms with Gasteiger partial charge in [-0.2, -0.15) is 0 Å². The molecular formula is C13H20BrNO. The molecule has 2 nitrogen and oxygen atoms in total. The summed E-state index contributed by atoms with van der Waals surface area (Å²) in [7, 11) is 1.70. The number of nitrogens with two attached hydrogens (primary N) is 1. The highest BCUT2D eigenvalue weighted by atomic mass is 79.9. The Kier molecular flexibility index (Phi) is 4.02. The third kappa shape index (κ3) is 2.98. The molecule has 0 unspecified atom stereocenters. The molecule has 0 aliphatic heterocycles. The van der Waals surface area contributed by atoms with Gasteiger partial charge in [0.1, 0.15) is 5.75 Å². The van der Waals surface area contributed by atoms with E-state index in [2.05, 4.69) is 35.8 Å². The Hall–Kier alpha value is -0.540. The van der Waals surface area contributed by atoms with E-state index in [4.69, 9.17) is 10.5 Å². The van der Waals surface area contributed by atoms with Crippen LogP contribution in [0, 0.1) is 13.8 Å². The monoisotopic (exact) mass is 285 g/mol. The number of benzene rings is 1. The molecule has 0 aliphatic rings. The van der Waals surface area contributed by atoms with Gasteiger partial charge in [0.25, 0.3) is 0 Å². The van der Waals surface area contributed by atoms with E-state index >= 15 is 0 Å². The van der Waals surface area contributed by atoms with Gasteiger partial charge in [0.05, 0.1) is 7.11 Å². The fourth-order valence-corrected chi connectivity index (χ4v) is 2.17. The zero-order chi connectivity index (χ0) is 12.5. The summed E-state index contributed by atoms with van der Waals surface area (Å²) in [6.45, 7) is 8.22. The fraction of sp³-hybridized carbons (Fsp3) is 0.538. The van der Waals surface area contributed by atoms with E-state index in [1.807, 2.05) is 13.8 Å². The smallest absolute Gasteiger partial charge is 0.122 e. The van der Waals surface area contributed by atoms with Gasteiger partial charge in [0.15, 0.2) is 0 Å². The number of aryl methyl sites for hydroxylation is 1. The molecule has 1 aromatic carbocycles. The van der Waals surface area contributed by atoms with Crippen molar-refractivity contribution < 1.29 is 4.74 Å². The van der Waals surface area contributed by atoms with E-state index in [1.165, 1.54) is 16.7 Å². The van der Waals surface area contributed by atoms with Gasteiger partial charge in [-0.1, -0.05) is 15.9 Å². The number of rotatable bonds is 3. The first-order valence-electron chi connectivity index (χ1n) is 5.37. The Labute approximate surface area is 106 Å². The Balaban J connectivity index is 3.30. The Bertz CT molecular complexity index is 394. The summed E-state index contributed by atoms with van der Waals surface area (Å²) in [4.78, 5) is 0. The van der Waals surface area contributed by atoms with Gasteiger partial charge in [0, 0.05) is 10.0 Å². The second kappa shape index (κ2) is 4.76. The molecular weight excluding hydrogens is 266 g/mol. The van der Waals surface area contributed by atoms with Crippen molar-refractivity contribution in [1.82, 2.24) is 0 Å². The number of hydrogen-bond donors (Lipinski definition) is 1. The second-order valence-electron chi connectivity index (χ2n) is 4.98. The van der Waals surface area contributed by atoms with Crippen LogP contribution in [-0.4, -0.2) is 12.6 Å². The summed E-state index contributed by atoms with van der Waals surface area (Å²) in [5.74, 6) is 0.928.